The molecule has 5 rings (SSSR count). The average molecular weight is 596 g/mol. The molecule has 1 fully saturated rings. The van der Waals surface area contributed by atoms with E-state index in [-0.39, 0.29) is 25.2 Å². The van der Waals surface area contributed by atoms with Crippen molar-refractivity contribution in [1.82, 2.24) is 26.3 Å². The molecule has 10 nitrogen and oxygen atoms in total. The highest BCUT2D eigenvalue weighted by molar-refractivity contribution is 5.95. The first-order valence-corrected chi connectivity index (χ1v) is 14.9. The molecule has 0 aliphatic carbocycles. The molecule has 6 N–H and O–H groups in total. The van der Waals surface area contributed by atoms with Gasteiger partial charge in [0.2, 0.25) is 17.7 Å². The zero-order valence-corrected chi connectivity index (χ0v) is 24.3. The van der Waals surface area contributed by atoms with Crippen LogP contribution in [-0.4, -0.2) is 64.5 Å². The lowest BCUT2D eigenvalue weighted by Gasteiger charge is -2.25. The summed E-state index contributed by atoms with van der Waals surface area (Å²) in [5.74, 6) is -2.62. The molecule has 4 atom stereocenters. The van der Waals surface area contributed by atoms with Gasteiger partial charge in [0.15, 0.2) is 0 Å². The van der Waals surface area contributed by atoms with Gasteiger partial charge >= 0.3 is 5.97 Å². The van der Waals surface area contributed by atoms with Gasteiger partial charge in [-0.1, -0.05) is 78.9 Å². The molecule has 0 bridgehead atoms. The van der Waals surface area contributed by atoms with Crippen LogP contribution < -0.4 is 21.3 Å². The smallest absolute Gasteiger partial charge is 0.326 e. The molecule has 4 aromatic rings. The monoisotopic (exact) mass is 595 g/mol. The number of hydrogen-bond donors (Lipinski definition) is 6. The van der Waals surface area contributed by atoms with Crippen LogP contribution in [0.4, 0.5) is 0 Å². The zero-order valence-electron chi connectivity index (χ0n) is 24.3. The highest BCUT2D eigenvalue weighted by atomic mass is 16.4. The van der Waals surface area contributed by atoms with Gasteiger partial charge < -0.3 is 31.4 Å². The second-order valence-corrected chi connectivity index (χ2v) is 11.1. The Morgan fingerprint density at radius 1 is 0.727 bits per heavy atom. The zero-order chi connectivity index (χ0) is 30.9. The highest BCUT2D eigenvalue weighted by Crippen LogP contribution is 2.20. The van der Waals surface area contributed by atoms with E-state index < -0.39 is 42.0 Å². The van der Waals surface area contributed by atoms with E-state index in [0.29, 0.717) is 6.42 Å². The molecule has 4 unspecified atom stereocenters. The molecule has 2 heterocycles. The summed E-state index contributed by atoms with van der Waals surface area (Å²) in [5.41, 5.74) is 3.30. The topological polar surface area (TPSA) is 152 Å². The molecule has 44 heavy (non-hydrogen) atoms. The lowest BCUT2D eigenvalue weighted by atomic mass is 10.0. The van der Waals surface area contributed by atoms with E-state index in [2.05, 4.69) is 26.3 Å². The number of aromatic nitrogens is 1. The second kappa shape index (κ2) is 14.5. The fourth-order valence-electron chi connectivity index (χ4n) is 5.56. The number of nitrogens with one attached hydrogen (secondary N) is 5. The predicted molar refractivity (Wildman–Crippen MR) is 167 cm³/mol. The molecule has 10 heteroatoms. The number of aliphatic carboxylic acids is 1. The summed E-state index contributed by atoms with van der Waals surface area (Å²) in [6.07, 6.45) is 3.77. The Bertz CT molecular complexity index is 1580. The van der Waals surface area contributed by atoms with Crippen LogP contribution >= 0.6 is 0 Å². The Hall–Kier alpha value is -4.96. The van der Waals surface area contributed by atoms with E-state index in [1.165, 1.54) is 0 Å². The maximum absolute atomic E-state index is 13.9. The summed E-state index contributed by atoms with van der Waals surface area (Å²) < 4.78 is 0. The molecule has 3 amide bonds. The molecule has 0 spiro atoms. The van der Waals surface area contributed by atoms with Gasteiger partial charge in [-0.25, -0.2) is 4.79 Å². The van der Waals surface area contributed by atoms with Crippen LogP contribution in [0, 0.1) is 0 Å². The quantitative estimate of drug-likeness (QED) is 0.140. The van der Waals surface area contributed by atoms with Gasteiger partial charge in [-0.05, 0) is 42.1 Å². The normalized spacial score (nSPS) is 16.5. The van der Waals surface area contributed by atoms with Gasteiger partial charge in [0.05, 0.1) is 6.04 Å². The van der Waals surface area contributed by atoms with Crippen molar-refractivity contribution >= 4 is 34.6 Å². The number of carboxylic acid groups (broad SMARTS) is 1. The van der Waals surface area contributed by atoms with Gasteiger partial charge in [-0.3, -0.25) is 14.4 Å². The Kier molecular flexibility index (Phi) is 10.0. The SMILES string of the molecule is O=C(O)C(Cc1ccccc1)NC(=O)C(Cc1ccccc1)NC(=O)C(Cc1c[nH]c2ccccc12)NC(=O)C1CCCN1. The van der Waals surface area contributed by atoms with Crippen LogP contribution in [-0.2, 0) is 38.4 Å². The van der Waals surface area contributed by atoms with Gasteiger partial charge in [0, 0.05) is 36.4 Å². The summed E-state index contributed by atoms with van der Waals surface area (Å²) in [7, 11) is 0. The van der Waals surface area contributed by atoms with Crippen molar-refractivity contribution in [3.63, 3.8) is 0 Å². The highest BCUT2D eigenvalue weighted by Gasteiger charge is 2.32. The number of para-hydroxylation sites is 1. The van der Waals surface area contributed by atoms with Gasteiger partial charge in [0.25, 0.3) is 0 Å². The minimum atomic E-state index is -1.20. The fourth-order valence-corrected chi connectivity index (χ4v) is 5.56. The molecule has 1 aliphatic heterocycles. The number of benzene rings is 3. The van der Waals surface area contributed by atoms with Crippen molar-refractivity contribution in [2.75, 3.05) is 6.54 Å². The van der Waals surface area contributed by atoms with Crippen LogP contribution in [0.15, 0.2) is 91.1 Å². The third kappa shape index (κ3) is 7.90. The van der Waals surface area contributed by atoms with Crippen LogP contribution in [0.1, 0.15) is 29.5 Å². The van der Waals surface area contributed by atoms with Crippen LogP contribution in [0.5, 0.6) is 0 Å². The number of carbonyl (C=O) groups excluding carboxylic acids is 3. The molecular weight excluding hydrogens is 558 g/mol. The molecular formula is C34H37N5O5. The first kappa shape index (κ1) is 30.5. The lowest BCUT2D eigenvalue weighted by molar-refractivity contribution is -0.142. The number of carboxylic acids is 1. The summed E-state index contributed by atoms with van der Waals surface area (Å²) in [5, 5.41) is 22.4. The third-order valence-corrected chi connectivity index (χ3v) is 7.92. The van der Waals surface area contributed by atoms with E-state index in [9.17, 15) is 24.3 Å². The molecule has 1 saturated heterocycles. The van der Waals surface area contributed by atoms with E-state index in [0.717, 1.165) is 40.6 Å². The maximum atomic E-state index is 13.9. The van der Waals surface area contributed by atoms with Gasteiger partial charge in [-0.2, -0.15) is 0 Å². The van der Waals surface area contributed by atoms with Gasteiger partial charge in [0.1, 0.15) is 18.1 Å². The first-order chi connectivity index (χ1) is 21.4. The molecule has 3 aromatic carbocycles. The van der Waals surface area contributed by atoms with Crippen molar-refractivity contribution < 1.29 is 24.3 Å². The Morgan fingerprint density at radius 2 is 1.30 bits per heavy atom. The van der Waals surface area contributed by atoms with Crippen LogP contribution in [0.2, 0.25) is 0 Å². The average Bonchev–Trinajstić information content (AvgIpc) is 3.72. The third-order valence-electron chi connectivity index (χ3n) is 7.92. The Morgan fingerprint density at radius 3 is 1.91 bits per heavy atom. The van der Waals surface area contributed by atoms with Gasteiger partial charge in [-0.15, -0.1) is 0 Å². The van der Waals surface area contributed by atoms with Crippen molar-refractivity contribution in [2.45, 2.75) is 56.3 Å². The molecule has 0 saturated carbocycles. The van der Waals surface area contributed by atoms with Crippen molar-refractivity contribution in [1.29, 1.82) is 0 Å². The number of H-pyrrole nitrogens is 1. The summed E-state index contributed by atoms with van der Waals surface area (Å²) in [4.78, 5) is 56.0. The lowest BCUT2D eigenvalue weighted by Crippen LogP contribution is -2.58. The largest absolute Gasteiger partial charge is 0.480 e. The van der Waals surface area contributed by atoms with E-state index in [4.69, 9.17) is 0 Å². The van der Waals surface area contributed by atoms with Crippen molar-refractivity contribution in [3.05, 3.63) is 108 Å². The predicted octanol–water partition coefficient (Wildman–Crippen LogP) is 2.49. The standard InChI is InChI=1S/C34H37N5O5/c40-31(27-16-9-17-35-27)38-29(20-24-21-36-26-15-8-7-14-25(24)26)33(42)37-28(18-22-10-3-1-4-11-22)32(41)39-30(34(43)44)19-23-12-5-2-6-13-23/h1-8,10-15,21,27-30,35-36H,9,16-20H2,(H,37,42)(H,38,40)(H,39,41)(H,43,44). The summed E-state index contributed by atoms with van der Waals surface area (Å²) in [6.45, 7) is 0.727. The van der Waals surface area contributed by atoms with Crippen molar-refractivity contribution in [2.24, 2.45) is 0 Å². The molecule has 228 valence electrons. The number of rotatable bonds is 13. The van der Waals surface area contributed by atoms with E-state index in [1.54, 1.807) is 24.3 Å². The number of aromatic amines is 1. The van der Waals surface area contributed by atoms with E-state index >= 15 is 0 Å². The number of amides is 3. The Labute approximate surface area is 255 Å². The molecule has 1 aliphatic rings. The molecule has 1 aromatic heterocycles. The summed E-state index contributed by atoms with van der Waals surface area (Å²) >= 11 is 0. The first-order valence-electron chi connectivity index (χ1n) is 14.9. The fraction of sp³-hybridized carbons (Fsp3) is 0.294. The maximum Gasteiger partial charge on any atom is 0.326 e. The minimum Gasteiger partial charge on any atom is -0.480 e. The Balaban J connectivity index is 1.38. The number of hydrogen-bond acceptors (Lipinski definition) is 5. The van der Waals surface area contributed by atoms with Crippen LogP contribution in [0.25, 0.3) is 10.9 Å². The summed E-state index contributed by atoms with van der Waals surface area (Å²) in [6, 6.07) is 22.2. The second-order valence-electron chi connectivity index (χ2n) is 11.1. The van der Waals surface area contributed by atoms with Crippen molar-refractivity contribution in [3.8, 4) is 0 Å². The number of fused-ring (bicyclic) bond motifs is 1. The molecule has 0 radical (unpaired) electrons. The number of carbonyl (C=O) groups is 4. The van der Waals surface area contributed by atoms with E-state index in [1.807, 2.05) is 66.9 Å². The minimum absolute atomic E-state index is 0.0849. The van der Waals surface area contributed by atoms with Crippen LogP contribution in [0.3, 0.4) is 0 Å².